The Morgan fingerprint density at radius 3 is 2.28 bits per heavy atom. The van der Waals surface area contributed by atoms with E-state index < -0.39 is 0 Å². The third kappa shape index (κ3) is 2.22. The number of nitrogens with one attached hydrogen (secondary N) is 1. The molecule has 2 nitrogen and oxygen atoms in total. The van der Waals surface area contributed by atoms with Crippen LogP contribution < -0.4 is 5.32 Å². The van der Waals surface area contributed by atoms with E-state index in [0.29, 0.717) is 11.1 Å². The predicted molar refractivity (Wildman–Crippen MR) is 76.8 cm³/mol. The second-order valence-corrected chi connectivity index (χ2v) is 7.66. The van der Waals surface area contributed by atoms with E-state index in [1.54, 1.807) is 0 Å². The monoisotopic (exact) mass is 250 g/mol. The average Bonchev–Trinajstić information content (AvgIpc) is 3.09. The highest BCUT2D eigenvalue weighted by Crippen LogP contribution is 2.46. The maximum atomic E-state index is 3.95. The summed E-state index contributed by atoms with van der Waals surface area (Å²) >= 11 is 0. The first-order valence-corrected chi connectivity index (χ1v) is 8.07. The molecule has 3 rings (SSSR count). The van der Waals surface area contributed by atoms with Gasteiger partial charge in [-0.25, -0.2) is 0 Å². The zero-order valence-corrected chi connectivity index (χ0v) is 12.5. The summed E-state index contributed by atoms with van der Waals surface area (Å²) in [5, 5.41) is 3.95. The quantitative estimate of drug-likeness (QED) is 0.810. The zero-order chi connectivity index (χ0) is 12.8. The zero-order valence-electron chi connectivity index (χ0n) is 12.5. The molecule has 3 fully saturated rings. The molecule has 1 N–H and O–H groups in total. The van der Waals surface area contributed by atoms with Crippen LogP contribution in [0.5, 0.6) is 0 Å². The van der Waals surface area contributed by atoms with Gasteiger partial charge in [-0.3, -0.25) is 4.90 Å². The van der Waals surface area contributed by atoms with E-state index in [1.807, 2.05) is 0 Å². The van der Waals surface area contributed by atoms with Crippen molar-refractivity contribution in [3.8, 4) is 0 Å². The van der Waals surface area contributed by atoms with Gasteiger partial charge in [0.1, 0.15) is 0 Å². The fraction of sp³-hybridized carbons (Fsp3) is 1.00. The molecule has 1 atom stereocenters. The Morgan fingerprint density at radius 1 is 1.06 bits per heavy atom. The molecule has 104 valence electrons. The molecule has 2 saturated carbocycles. The molecule has 2 aliphatic carbocycles. The van der Waals surface area contributed by atoms with E-state index >= 15 is 0 Å². The van der Waals surface area contributed by atoms with Gasteiger partial charge in [-0.2, -0.15) is 0 Å². The maximum absolute atomic E-state index is 3.95. The van der Waals surface area contributed by atoms with Crippen molar-refractivity contribution in [3.05, 3.63) is 0 Å². The van der Waals surface area contributed by atoms with E-state index in [4.69, 9.17) is 0 Å². The summed E-state index contributed by atoms with van der Waals surface area (Å²) in [4.78, 5) is 2.89. The van der Waals surface area contributed by atoms with Crippen LogP contribution >= 0.6 is 0 Å². The third-order valence-electron chi connectivity index (χ3n) is 5.81. The van der Waals surface area contributed by atoms with Gasteiger partial charge in [-0.1, -0.05) is 33.1 Å². The van der Waals surface area contributed by atoms with Crippen LogP contribution in [0.2, 0.25) is 0 Å². The number of hydrogen-bond acceptors (Lipinski definition) is 2. The molecular formula is C16H30N2. The number of piperazine rings is 1. The molecule has 0 bridgehead atoms. The SMILES string of the molecule is CC(C)C1CNC2(CCCCC2)CN1C1(C)CC1. The van der Waals surface area contributed by atoms with Crippen LogP contribution in [0.4, 0.5) is 0 Å². The molecule has 0 aromatic carbocycles. The first kappa shape index (κ1) is 12.9. The van der Waals surface area contributed by atoms with Crippen LogP contribution in [-0.4, -0.2) is 35.1 Å². The lowest BCUT2D eigenvalue weighted by Gasteiger charge is -2.53. The maximum Gasteiger partial charge on any atom is 0.0309 e. The first-order chi connectivity index (χ1) is 8.55. The lowest BCUT2D eigenvalue weighted by atomic mass is 9.78. The predicted octanol–water partition coefficient (Wildman–Crippen LogP) is 3.17. The summed E-state index contributed by atoms with van der Waals surface area (Å²) in [6.07, 6.45) is 9.98. The molecule has 18 heavy (non-hydrogen) atoms. The van der Waals surface area contributed by atoms with Crippen LogP contribution in [0, 0.1) is 5.92 Å². The Hall–Kier alpha value is -0.0800. The highest BCUT2D eigenvalue weighted by molar-refractivity contribution is 5.09. The first-order valence-electron chi connectivity index (χ1n) is 8.07. The molecule has 0 aromatic heterocycles. The smallest absolute Gasteiger partial charge is 0.0309 e. The summed E-state index contributed by atoms with van der Waals surface area (Å²) in [6, 6.07) is 0.755. The van der Waals surface area contributed by atoms with Crippen LogP contribution in [0.25, 0.3) is 0 Å². The van der Waals surface area contributed by atoms with Crippen molar-refractivity contribution in [2.45, 2.75) is 82.8 Å². The standard InChI is InChI=1S/C16H30N2/c1-13(2)14-11-17-16(7-5-4-6-8-16)12-18(14)15(3)9-10-15/h13-14,17H,4-12H2,1-3H3. The Balaban J connectivity index is 1.77. The number of rotatable bonds is 2. The Labute approximate surface area is 113 Å². The minimum absolute atomic E-state index is 0.467. The molecule has 3 aliphatic rings. The Bertz CT molecular complexity index is 300. The summed E-state index contributed by atoms with van der Waals surface area (Å²) in [5.74, 6) is 0.774. The van der Waals surface area contributed by atoms with Crippen molar-refractivity contribution in [2.75, 3.05) is 13.1 Å². The minimum Gasteiger partial charge on any atom is -0.308 e. The summed E-state index contributed by atoms with van der Waals surface area (Å²) in [6.45, 7) is 9.80. The van der Waals surface area contributed by atoms with Crippen molar-refractivity contribution < 1.29 is 0 Å². The van der Waals surface area contributed by atoms with Gasteiger partial charge in [0.15, 0.2) is 0 Å². The molecule has 0 amide bonds. The molecule has 1 aliphatic heterocycles. The van der Waals surface area contributed by atoms with Gasteiger partial charge < -0.3 is 5.32 Å². The summed E-state index contributed by atoms with van der Waals surface area (Å²) in [5.41, 5.74) is 1.01. The van der Waals surface area contributed by atoms with Gasteiger partial charge in [0.2, 0.25) is 0 Å². The topological polar surface area (TPSA) is 15.3 Å². The minimum atomic E-state index is 0.467. The van der Waals surface area contributed by atoms with Crippen molar-refractivity contribution in [1.29, 1.82) is 0 Å². The lowest BCUT2D eigenvalue weighted by Crippen LogP contribution is -2.68. The normalized spacial score (nSPS) is 35.0. The lowest BCUT2D eigenvalue weighted by molar-refractivity contribution is 0.00197. The van der Waals surface area contributed by atoms with Gasteiger partial charge in [0.25, 0.3) is 0 Å². The summed E-state index contributed by atoms with van der Waals surface area (Å²) in [7, 11) is 0. The van der Waals surface area contributed by atoms with E-state index in [-0.39, 0.29) is 0 Å². The van der Waals surface area contributed by atoms with Gasteiger partial charge in [0.05, 0.1) is 0 Å². The summed E-state index contributed by atoms with van der Waals surface area (Å²) < 4.78 is 0. The molecule has 1 saturated heterocycles. The number of nitrogens with zero attached hydrogens (tertiary/aromatic N) is 1. The highest BCUT2D eigenvalue weighted by Gasteiger charge is 2.51. The van der Waals surface area contributed by atoms with Crippen LogP contribution in [0.15, 0.2) is 0 Å². The van der Waals surface area contributed by atoms with Crippen molar-refractivity contribution in [2.24, 2.45) is 5.92 Å². The molecule has 0 aromatic rings. The second-order valence-electron chi connectivity index (χ2n) is 7.66. The fourth-order valence-electron chi connectivity index (χ4n) is 4.15. The van der Waals surface area contributed by atoms with Gasteiger partial charge in [-0.05, 0) is 38.5 Å². The van der Waals surface area contributed by atoms with E-state index in [0.717, 1.165) is 12.0 Å². The Kier molecular flexibility index (Phi) is 3.22. The van der Waals surface area contributed by atoms with Gasteiger partial charge >= 0.3 is 0 Å². The fourth-order valence-corrected chi connectivity index (χ4v) is 4.15. The molecule has 1 spiro atoms. The second kappa shape index (κ2) is 4.49. The van der Waals surface area contributed by atoms with Crippen LogP contribution in [0.3, 0.4) is 0 Å². The van der Waals surface area contributed by atoms with Gasteiger partial charge in [-0.15, -0.1) is 0 Å². The van der Waals surface area contributed by atoms with Crippen LogP contribution in [0.1, 0.15) is 65.7 Å². The number of hydrogen-bond donors (Lipinski definition) is 1. The highest BCUT2D eigenvalue weighted by atomic mass is 15.3. The van der Waals surface area contributed by atoms with Gasteiger partial charge in [0, 0.05) is 30.2 Å². The molecule has 1 unspecified atom stereocenters. The molecule has 0 radical (unpaired) electrons. The van der Waals surface area contributed by atoms with Crippen molar-refractivity contribution >= 4 is 0 Å². The third-order valence-corrected chi connectivity index (χ3v) is 5.81. The molecule has 1 heterocycles. The largest absolute Gasteiger partial charge is 0.308 e. The van der Waals surface area contributed by atoms with E-state index in [9.17, 15) is 0 Å². The van der Waals surface area contributed by atoms with Crippen molar-refractivity contribution in [1.82, 2.24) is 10.2 Å². The van der Waals surface area contributed by atoms with Crippen molar-refractivity contribution in [3.63, 3.8) is 0 Å². The van der Waals surface area contributed by atoms with E-state index in [2.05, 4.69) is 31.0 Å². The van der Waals surface area contributed by atoms with Crippen LogP contribution in [-0.2, 0) is 0 Å². The molecule has 2 heteroatoms. The average molecular weight is 250 g/mol. The van der Waals surface area contributed by atoms with E-state index in [1.165, 1.54) is 58.0 Å². The molecular weight excluding hydrogens is 220 g/mol. The Morgan fingerprint density at radius 2 is 1.72 bits per heavy atom.